The molecule has 0 N–H and O–H groups in total. The van der Waals surface area contributed by atoms with Gasteiger partial charge in [-0.25, -0.2) is 0 Å². The Balaban J connectivity index is 1.99. The van der Waals surface area contributed by atoms with Crippen molar-refractivity contribution >= 4 is 27.3 Å². The predicted molar refractivity (Wildman–Crippen MR) is 106 cm³/mol. The van der Waals surface area contributed by atoms with Crippen LogP contribution in [0.25, 0.3) is 27.3 Å². The maximum absolute atomic E-state index is 13.4. The average Bonchev–Trinajstić information content (AvgIpc) is 3.32. The van der Waals surface area contributed by atoms with Crippen molar-refractivity contribution in [2.75, 3.05) is 21.0 Å². The van der Waals surface area contributed by atoms with Crippen LogP contribution < -0.4 is 24.5 Å². The highest BCUT2D eigenvalue weighted by Crippen LogP contribution is 2.39. The molecule has 0 radical (unpaired) electrons. The average molecular weight is 380 g/mol. The van der Waals surface area contributed by atoms with E-state index in [2.05, 4.69) is 6.92 Å². The van der Waals surface area contributed by atoms with E-state index in [9.17, 15) is 4.79 Å². The highest BCUT2D eigenvalue weighted by atomic mass is 16.7. The van der Waals surface area contributed by atoms with Crippen molar-refractivity contribution in [2.45, 2.75) is 19.9 Å². The van der Waals surface area contributed by atoms with Crippen molar-refractivity contribution in [1.29, 1.82) is 0 Å². The lowest BCUT2D eigenvalue weighted by Gasteiger charge is -2.14. The second-order valence-electron chi connectivity index (χ2n) is 6.80. The molecule has 2 aromatic carbocycles. The van der Waals surface area contributed by atoms with Crippen LogP contribution in [0.4, 0.5) is 0 Å². The second kappa shape index (κ2) is 6.09. The number of aryl methyl sites for hydroxylation is 1. The van der Waals surface area contributed by atoms with Crippen LogP contribution in [0.5, 0.6) is 23.0 Å². The van der Waals surface area contributed by atoms with Crippen LogP contribution in [0, 0.1) is 0 Å². The molecular formula is C21H20N2O5. The van der Waals surface area contributed by atoms with Gasteiger partial charge in [-0.1, -0.05) is 6.92 Å². The number of hydrogen-bond donors (Lipinski definition) is 0. The standard InChI is InChI=1S/C21H20N2O5/c1-4-5-22-20-13-7-19-18(27-11-28-19)6-12(13)10-23(20)15-9-17(26-3)16(25-2)8-14(15)21(22)24/h6-10H,4-5,11H2,1-3H3. The molecule has 3 heterocycles. The third-order valence-corrected chi connectivity index (χ3v) is 5.22. The highest BCUT2D eigenvalue weighted by molar-refractivity contribution is 6.01. The summed E-state index contributed by atoms with van der Waals surface area (Å²) in [7, 11) is 3.16. The van der Waals surface area contributed by atoms with E-state index in [0.29, 0.717) is 29.2 Å². The molecule has 0 fully saturated rings. The minimum Gasteiger partial charge on any atom is -0.493 e. The third-order valence-electron chi connectivity index (χ3n) is 5.22. The fraction of sp³-hybridized carbons (Fsp3) is 0.286. The molecule has 144 valence electrons. The van der Waals surface area contributed by atoms with Crippen LogP contribution in [-0.2, 0) is 6.54 Å². The van der Waals surface area contributed by atoms with Crippen LogP contribution >= 0.6 is 0 Å². The van der Waals surface area contributed by atoms with Gasteiger partial charge in [0, 0.05) is 29.6 Å². The maximum Gasteiger partial charge on any atom is 0.261 e. The molecule has 5 rings (SSSR count). The third kappa shape index (κ3) is 2.19. The first-order valence-electron chi connectivity index (χ1n) is 9.19. The van der Waals surface area contributed by atoms with Gasteiger partial charge < -0.3 is 23.3 Å². The van der Waals surface area contributed by atoms with Crippen LogP contribution in [0.3, 0.4) is 0 Å². The molecule has 7 nitrogen and oxygen atoms in total. The number of aromatic nitrogens is 2. The minimum atomic E-state index is -0.0528. The van der Waals surface area contributed by atoms with Gasteiger partial charge in [0.2, 0.25) is 6.79 Å². The predicted octanol–water partition coefficient (Wildman–Crippen LogP) is 3.56. The number of fused-ring (bicyclic) bond motifs is 6. The number of ether oxygens (including phenoxy) is 4. The summed E-state index contributed by atoms with van der Waals surface area (Å²) in [6, 6.07) is 7.50. The topological polar surface area (TPSA) is 63.3 Å². The molecule has 0 atom stereocenters. The molecule has 0 saturated heterocycles. The molecule has 0 aliphatic carbocycles. The number of hydrogen-bond acceptors (Lipinski definition) is 5. The normalized spacial score (nSPS) is 13.0. The second-order valence-corrected chi connectivity index (χ2v) is 6.80. The molecule has 0 bridgehead atoms. The lowest BCUT2D eigenvalue weighted by atomic mass is 10.2. The molecule has 0 unspecified atom stereocenters. The fourth-order valence-electron chi connectivity index (χ4n) is 3.96. The molecule has 0 spiro atoms. The molecule has 2 aromatic heterocycles. The van der Waals surface area contributed by atoms with E-state index < -0.39 is 0 Å². The van der Waals surface area contributed by atoms with Crippen molar-refractivity contribution in [2.24, 2.45) is 0 Å². The Morgan fingerprint density at radius 2 is 1.71 bits per heavy atom. The summed E-state index contributed by atoms with van der Waals surface area (Å²) >= 11 is 0. The van der Waals surface area contributed by atoms with E-state index in [1.807, 2.05) is 33.4 Å². The van der Waals surface area contributed by atoms with E-state index in [-0.39, 0.29) is 12.4 Å². The minimum absolute atomic E-state index is 0.0528. The molecule has 1 aliphatic heterocycles. The van der Waals surface area contributed by atoms with Gasteiger partial charge >= 0.3 is 0 Å². The van der Waals surface area contributed by atoms with Crippen LogP contribution in [-0.4, -0.2) is 30.0 Å². The summed E-state index contributed by atoms with van der Waals surface area (Å²) < 4.78 is 25.8. The molecule has 7 heteroatoms. The smallest absolute Gasteiger partial charge is 0.261 e. The number of nitrogens with zero attached hydrogens (tertiary/aromatic N) is 2. The van der Waals surface area contributed by atoms with Crippen LogP contribution in [0.1, 0.15) is 13.3 Å². The molecular weight excluding hydrogens is 360 g/mol. The van der Waals surface area contributed by atoms with E-state index in [0.717, 1.165) is 34.1 Å². The Hall–Kier alpha value is -3.35. The van der Waals surface area contributed by atoms with Crippen molar-refractivity contribution in [1.82, 2.24) is 8.97 Å². The number of rotatable bonds is 4. The summed E-state index contributed by atoms with van der Waals surface area (Å²) in [6.45, 7) is 2.89. The zero-order valence-electron chi connectivity index (χ0n) is 15.9. The van der Waals surface area contributed by atoms with Crippen molar-refractivity contribution in [3.63, 3.8) is 0 Å². The maximum atomic E-state index is 13.4. The van der Waals surface area contributed by atoms with Gasteiger partial charge in [0.05, 0.1) is 25.1 Å². The molecule has 0 saturated carbocycles. The van der Waals surface area contributed by atoms with Crippen LogP contribution in [0.15, 0.2) is 35.3 Å². The summed E-state index contributed by atoms with van der Waals surface area (Å²) in [5.74, 6) is 2.53. The largest absolute Gasteiger partial charge is 0.493 e. The first-order valence-corrected chi connectivity index (χ1v) is 9.19. The number of methoxy groups -OCH3 is 2. The first kappa shape index (κ1) is 16.8. The first-order chi connectivity index (χ1) is 13.7. The fourth-order valence-corrected chi connectivity index (χ4v) is 3.96. The van der Waals surface area contributed by atoms with E-state index >= 15 is 0 Å². The summed E-state index contributed by atoms with van der Waals surface area (Å²) in [5, 5.41) is 2.52. The molecule has 28 heavy (non-hydrogen) atoms. The van der Waals surface area contributed by atoms with Gasteiger partial charge in [-0.2, -0.15) is 0 Å². The monoisotopic (exact) mass is 380 g/mol. The Bertz CT molecular complexity index is 1300. The van der Waals surface area contributed by atoms with E-state index in [4.69, 9.17) is 18.9 Å². The molecule has 0 amide bonds. The lowest BCUT2D eigenvalue weighted by molar-refractivity contribution is 0.174. The summed E-state index contributed by atoms with van der Waals surface area (Å²) in [6.07, 6.45) is 2.86. The van der Waals surface area contributed by atoms with Gasteiger partial charge in [-0.15, -0.1) is 0 Å². The Labute approximate surface area is 160 Å². The Morgan fingerprint density at radius 1 is 1.00 bits per heavy atom. The van der Waals surface area contributed by atoms with Gasteiger partial charge in [0.25, 0.3) is 5.56 Å². The van der Waals surface area contributed by atoms with Crippen molar-refractivity contribution < 1.29 is 18.9 Å². The van der Waals surface area contributed by atoms with E-state index in [1.54, 1.807) is 20.3 Å². The van der Waals surface area contributed by atoms with E-state index in [1.165, 1.54) is 0 Å². The van der Waals surface area contributed by atoms with Gasteiger partial charge in [0.15, 0.2) is 23.0 Å². The van der Waals surface area contributed by atoms with Crippen molar-refractivity contribution in [3.05, 3.63) is 40.8 Å². The number of benzene rings is 2. The highest BCUT2D eigenvalue weighted by Gasteiger charge is 2.21. The quantitative estimate of drug-likeness (QED) is 0.542. The van der Waals surface area contributed by atoms with Gasteiger partial charge in [-0.05, 0) is 24.6 Å². The molecule has 4 aromatic rings. The summed E-state index contributed by atoms with van der Waals surface area (Å²) in [4.78, 5) is 13.4. The van der Waals surface area contributed by atoms with Gasteiger partial charge in [0.1, 0.15) is 5.65 Å². The summed E-state index contributed by atoms with van der Waals surface area (Å²) in [5.41, 5.74) is 1.55. The van der Waals surface area contributed by atoms with Crippen molar-refractivity contribution in [3.8, 4) is 23.0 Å². The van der Waals surface area contributed by atoms with Gasteiger partial charge in [-0.3, -0.25) is 9.36 Å². The molecule has 1 aliphatic rings. The Kier molecular flexibility index (Phi) is 3.65. The Morgan fingerprint density at radius 3 is 2.43 bits per heavy atom. The zero-order chi connectivity index (χ0) is 19.4. The van der Waals surface area contributed by atoms with Crippen LogP contribution in [0.2, 0.25) is 0 Å². The SMILES string of the molecule is CCCn1c(=O)c2cc(OC)c(OC)cc2n2cc3cc4c(cc3c12)OCO4. The zero-order valence-corrected chi connectivity index (χ0v) is 15.9. The lowest BCUT2D eigenvalue weighted by Crippen LogP contribution is -2.22.